The number of ether oxygens (including phenoxy) is 4. The van der Waals surface area contributed by atoms with Gasteiger partial charge in [0.05, 0.1) is 28.4 Å². The zero-order valence-electron chi connectivity index (χ0n) is 23.0. The van der Waals surface area contributed by atoms with Crippen molar-refractivity contribution in [2.75, 3.05) is 50.6 Å². The monoisotopic (exact) mass is 553 g/mol. The van der Waals surface area contributed by atoms with Crippen LogP contribution in [0.25, 0.3) is 0 Å². The summed E-state index contributed by atoms with van der Waals surface area (Å²) in [5, 5.41) is 3.89. The van der Waals surface area contributed by atoms with Crippen molar-refractivity contribution in [2.24, 2.45) is 0 Å². The first-order valence-corrected chi connectivity index (χ1v) is 16.4. The number of rotatable bonds is 10. The molecular formula is C27H35N5O6Si. The van der Waals surface area contributed by atoms with Crippen LogP contribution in [0.2, 0.25) is 19.1 Å². The van der Waals surface area contributed by atoms with Crippen LogP contribution in [-0.2, 0) is 14.3 Å². The van der Waals surface area contributed by atoms with Gasteiger partial charge in [-0.1, -0.05) is 43.4 Å². The Morgan fingerprint density at radius 1 is 1.15 bits per heavy atom. The molecule has 4 heterocycles. The van der Waals surface area contributed by atoms with E-state index in [0.717, 1.165) is 32.2 Å². The molecule has 208 valence electrons. The van der Waals surface area contributed by atoms with Gasteiger partial charge in [0.25, 0.3) is 11.9 Å². The number of hydrogen-bond acceptors (Lipinski definition) is 10. The zero-order chi connectivity index (χ0) is 27.7. The fraction of sp³-hybridized carbons (Fsp3) is 0.481. The van der Waals surface area contributed by atoms with E-state index >= 15 is 0 Å². The molecule has 39 heavy (non-hydrogen) atoms. The van der Waals surface area contributed by atoms with Gasteiger partial charge in [-0.05, 0) is 31.6 Å². The molecule has 12 heteroatoms. The Labute approximate surface area is 229 Å². The summed E-state index contributed by atoms with van der Waals surface area (Å²) < 4.78 is 22.3. The van der Waals surface area contributed by atoms with Crippen molar-refractivity contribution >= 4 is 36.6 Å². The van der Waals surface area contributed by atoms with E-state index in [-0.39, 0.29) is 23.4 Å². The average Bonchev–Trinajstić information content (AvgIpc) is 3.24. The van der Waals surface area contributed by atoms with E-state index in [1.54, 1.807) is 6.07 Å². The van der Waals surface area contributed by atoms with E-state index < -0.39 is 25.9 Å². The van der Waals surface area contributed by atoms with Crippen molar-refractivity contribution in [1.29, 1.82) is 0 Å². The topological polar surface area (TPSA) is 115 Å². The highest BCUT2D eigenvalue weighted by Gasteiger charge is 2.38. The normalized spacial score (nSPS) is 19.5. The van der Waals surface area contributed by atoms with Crippen LogP contribution in [0.1, 0.15) is 13.3 Å². The number of carbonyl (C=O) groups excluding carboxylic acids is 2. The van der Waals surface area contributed by atoms with Gasteiger partial charge < -0.3 is 29.2 Å². The Morgan fingerprint density at radius 3 is 2.44 bits per heavy atom. The molecule has 1 N–H and O–H groups in total. The largest absolute Gasteiger partial charge is 0.479 e. The number of benzene rings is 1. The molecule has 0 bridgehead atoms. The van der Waals surface area contributed by atoms with Crippen LogP contribution in [0.4, 0.5) is 11.6 Å². The highest BCUT2D eigenvalue weighted by Crippen LogP contribution is 2.35. The molecule has 1 unspecified atom stereocenters. The van der Waals surface area contributed by atoms with Gasteiger partial charge in [-0.2, -0.15) is 9.97 Å². The van der Waals surface area contributed by atoms with Crippen LogP contribution < -0.4 is 29.6 Å². The van der Waals surface area contributed by atoms with E-state index in [1.165, 1.54) is 31.9 Å². The molecular weight excluding hydrogens is 518 g/mol. The fourth-order valence-electron chi connectivity index (χ4n) is 4.64. The molecule has 2 fully saturated rings. The molecule has 0 aliphatic carbocycles. The molecule has 1 aromatic carbocycles. The minimum absolute atomic E-state index is 0.0339. The summed E-state index contributed by atoms with van der Waals surface area (Å²) >= 11 is 0. The number of anilines is 2. The minimum atomic E-state index is -1.58. The van der Waals surface area contributed by atoms with Gasteiger partial charge in [-0.25, -0.2) is 0 Å². The standard InChI is InChI=1S/C27H35N5O6Si/c1-6-39(4,5)19-10-7-9-18(13-19)37-21-14-20(33)23(38-21)24(34)28-22-25(35-2)29-27(30-26(22)36-3)32-15-17(16-32)31-11-8-12-31/h7,9-10,13-14,17,23H,6,8,11-12,15-16H2,1-5H3,(H,28,34). The number of likely N-dealkylation sites (tertiary alicyclic amines) is 1. The first-order chi connectivity index (χ1) is 18.7. The third-order valence-corrected chi connectivity index (χ3v) is 11.4. The van der Waals surface area contributed by atoms with E-state index in [9.17, 15) is 9.59 Å². The number of hydrogen-bond donors (Lipinski definition) is 1. The number of nitrogens with zero attached hydrogens (tertiary/aromatic N) is 4. The van der Waals surface area contributed by atoms with Crippen LogP contribution in [0.15, 0.2) is 36.3 Å². The van der Waals surface area contributed by atoms with Crippen LogP contribution >= 0.6 is 0 Å². The molecule has 3 aliphatic heterocycles. The first-order valence-electron chi connectivity index (χ1n) is 13.2. The number of nitrogens with one attached hydrogen (secondary N) is 1. The smallest absolute Gasteiger partial charge is 0.289 e. The highest BCUT2D eigenvalue weighted by atomic mass is 28.3. The zero-order valence-corrected chi connectivity index (χ0v) is 24.0. The number of methoxy groups -OCH3 is 2. The highest BCUT2D eigenvalue weighted by molar-refractivity contribution is 6.89. The molecule has 0 radical (unpaired) electrons. The summed E-state index contributed by atoms with van der Waals surface area (Å²) in [5.74, 6) is -0.00271. The number of aromatic nitrogens is 2. The predicted octanol–water partition coefficient (Wildman–Crippen LogP) is 2.15. The van der Waals surface area contributed by atoms with Gasteiger partial charge in [0.15, 0.2) is 5.69 Å². The minimum Gasteiger partial charge on any atom is -0.479 e. The van der Waals surface area contributed by atoms with Crippen LogP contribution in [0.3, 0.4) is 0 Å². The number of amides is 1. The van der Waals surface area contributed by atoms with Crippen molar-refractivity contribution in [3.63, 3.8) is 0 Å². The summed E-state index contributed by atoms with van der Waals surface area (Å²) in [6, 6.07) is 9.36. The second-order valence-corrected chi connectivity index (χ2v) is 15.6. The molecule has 1 amide bonds. The second kappa shape index (κ2) is 10.9. The Morgan fingerprint density at radius 2 is 1.85 bits per heavy atom. The third-order valence-electron chi connectivity index (χ3n) is 7.73. The molecule has 1 atom stereocenters. The lowest BCUT2D eigenvalue weighted by molar-refractivity contribution is -0.134. The Kier molecular flexibility index (Phi) is 7.50. The molecule has 0 spiro atoms. The van der Waals surface area contributed by atoms with Crippen molar-refractivity contribution in [1.82, 2.24) is 14.9 Å². The SMILES string of the molecule is CC[Si](C)(C)c1cccc(OC2=CC(=O)C(C(=O)Nc3c(OC)nc(N4CC(N5CCC5)C4)nc3OC)O2)c1. The van der Waals surface area contributed by atoms with E-state index in [0.29, 0.717) is 17.7 Å². The Balaban J connectivity index is 1.25. The van der Waals surface area contributed by atoms with Crippen LogP contribution in [-0.4, -0.2) is 87.2 Å². The van der Waals surface area contributed by atoms with Gasteiger partial charge in [0.2, 0.25) is 29.6 Å². The molecule has 0 saturated carbocycles. The van der Waals surface area contributed by atoms with Gasteiger partial charge >= 0.3 is 0 Å². The Bertz CT molecular complexity index is 1270. The van der Waals surface area contributed by atoms with E-state index in [4.69, 9.17) is 18.9 Å². The second-order valence-electron chi connectivity index (χ2n) is 10.6. The number of ketones is 1. The van der Waals surface area contributed by atoms with Gasteiger partial charge in [0, 0.05) is 19.1 Å². The number of carbonyl (C=O) groups is 2. The summed E-state index contributed by atoms with van der Waals surface area (Å²) in [7, 11) is 1.32. The molecule has 2 aromatic rings. The van der Waals surface area contributed by atoms with Crippen LogP contribution in [0.5, 0.6) is 17.5 Å². The molecule has 1 aromatic heterocycles. The first kappa shape index (κ1) is 26.9. The van der Waals surface area contributed by atoms with Gasteiger partial charge in [-0.3, -0.25) is 14.5 Å². The van der Waals surface area contributed by atoms with Crippen LogP contribution in [0, 0.1) is 0 Å². The van der Waals surface area contributed by atoms with Crippen molar-refractivity contribution < 1.29 is 28.5 Å². The maximum Gasteiger partial charge on any atom is 0.289 e. The van der Waals surface area contributed by atoms with Crippen molar-refractivity contribution in [3.05, 3.63) is 36.3 Å². The summed E-state index contributed by atoms with van der Waals surface area (Å²) in [4.78, 5) is 39.2. The lowest BCUT2D eigenvalue weighted by Gasteiger charge is -2.48. The lowest BCUT2D eigenvalue weighted by atomic mass is 10.0. The van der Waals surface area contributed by atoms with Gasteiger partial charge in [0.1, 0.15) is 5.75 Å². The maximum atomic E-state index is 13.1. The molecule has 2 saturated heterocycles. The molecule has 5 rings (SSSR count). The maximum absolute atomic E-state index is 13.1. The molecule has 11 nitrogen and oxygen atoms in total. The fourth-order valence-corrected chi connectivity index (χ4v) is 6.12. The van der Waals surface area contributed by atoms with E-state index in [1.807, 2.05) is 17.0 Å². The summed E-state index contributed by atoms with van der Waals surface area (Å²) in [6.07, 6.45) is 1.00. The quantitative estimate of drug-likeness (QED) is 0.347. The predicted molar refractivity (Wildman–Crippen MR) is 149 cm³/mol. The summed E-state index contributed by atoms with van der Waals surface area (Å²) in [5.41, 5.74) is 0.124. The van der Waals surface area contributed by atoms with Crippen molar-refractivity contribution in [2.45, 2.75) is 44.6 Å². The van der Waals surface area contributed by atoms with E-state index in [2.05, 4.69) is 46.3 Å². The molecule has 3 aliphatic rings. The lowest BCUT2D eigenvalue weighted by Crippen LogP contribution is -2.63. The summed E-state index contributed by atoms with van der Waals surface area (Å²) in [6.45, 7) is 10.6. The Hall–Kier alpha value is -3.64. The third kappa shape index (κ3) is 5.43. The average molecular weight is 554 g/mol. The van der Waals surface area contributed by atoms with Crippen molar-refractivity contribution in [3.8, 4) is 17.5 Å². The van der Waals surface area contributed by atoms with Gasteiger partial charge in [-0.15, -0.1) is 0 Å².